The van der Waals surface area contributed by atoms with Crippen LogP contribution in [0.15, 0.2) is 11.5 Å². The fourth-order valence-electron chi connectivity index (χ4n) is 1.22. The van der Waals surface area contributed by atoms with E-state index in [9.17, 15) is 9.59 Å². The predicted octanol–water partition coefficient (Wildman–Crippen LogP) is 0.788. The summed E-state index contributed by atoms with van der Waals surface area (Å²) >= 11 is 1.28. The number of aliphatic carboxylic acids is 1. The number of thioether (sulfide) groups is 1. The fraction of sp³-hybridized carbons (Fsp3) is 0.636. The third-order valence-corrected chi connectivity index (χ3v) is 3.41. The topological polar surface area (TPSA) is 97.1 Å². The summed E-state index contributed by atoms with van der Waals surface area (Å²) in [6, 6.07) is 0.229. The van der Waals surface area contributed by atoms with Gasteiger partial charge in [0.05, 0.1) is 11.7 Å². The standard InChI is InChI=1S/C11H18N4O3S/c1-7(2)15-6-13-14-11(15)19-5-9(16)12-4-8(3)10(17)18/h6-8H,4-5H2,1-3H3,(H,12,16)(H,17,18). The van der Waals surface area contributed by atoms with E-state index in [4.69, 9.17) is 5.11 Å². The molecule has 0 aliphatic carbocycles. The quantitative estimate of drug-likeness (QED) is 0.719. The number of aromatic nitrogens is 3. The van der Waals surface area contributed by atoms with Gasteiger partial charge >= 0.3 is 5.97 Å². The van der Waals surface area contributed by atoms with Gasteiger partial charge in [-0.15, -0.1) is 10.2 Å². The lowest BCUT2D eigenvalue weighted by Gasteiger charge is -2.10. The number of nitrogens with one attached hydrogen (secondary N) is 1. The minimum absolute atomic E-state index is 0.131. The smallest absolute Gasteiger partial charge is 0.308 e. The second kappa shape index (κ2) is 7.13. The highest BCUT2D eigenvalue weighted by Crippen LogP contribution is 2.18. The van der Waals surface area contributed by atoms with Crippen LogP contribution in [-0.4, -0.2) is 44.0 Å². The predicted molar refractivity (Wildman–Crippen MR) is 70.9 cm³/mol. The number of amides is 1. The number of hydrogen-bond donors (Lipinski definition) is 2. The molecule has 0 aliphatic heterocycles. The summed E-state index contributed by atoms with van der Waals surface area (Å²) in [5.41, 5.74) is 0. The minimum Gasteiger partial charge on any atom is -0.481 e. The second-order valence-corrected chi connectivity index (χ2v) is 5.39. The number of nitrogens with zero attached hydrogens (tertiary/aromatic N) is 3. The Balaban J connectivity index is 2.38. The average molecular weight is 286 g/mol. The molecule has 0 aromatic carbocycles. The third-order valence-electron chi connectivity index (χ3n) is 2.46. The van der Waals surface area contributed by atoms with Gasteiger partial charge in [-0.25, -0.2) is 0 Å². The largest absolute Gasteiger partial charge is 0.481 e. The Hall–Kier alpha value is -1.57. The SMILES string of the molecule is CC(CNC(=O)CSc1nncn1C(C)C)C(=O)O. The molecule has 0 saturated heterocycles. The van der Waals surface area contributed by atoms with Crippen molar-refractivity contribution >= 4 is 23.6 Å². The molecule has 1 aromatic heterocycles. The van der Waals surface area contributed by atoms with Crippen LogP contribution < -0.4 is 5.32 Å². The maximum absolute atomic E-state index is 11.6. The molecule has 106 valence electrons. The molecule has 0 fully saturated rings. The Morgan fingerprint density at radius 1 is 1.47 bits per heavy atom. The van der Waals surface area contributed by atoms with E-state index in [0.717, 1.165) is 0 Å². The van der Waals surface area contributed by atoms with Crippen LogP contribution >= 0.6 is 11.8 Å². The molecule has 1 aromatic rings. The summed E-state index contributed by atoms with van der Waals surface area (Å²) in [5.74, 6) is -1.53. The number of carboxylic acid groups (broad SMARTS) is 1. The molecule has 0 aliphatic rings. The lowest BCUT2D eigenvalue weighted by Crippen LogP contribution is -2.32. The van der Waals surface area contributed by atoms with Crippen LogP contribution in [0.4, 0.5) is 0 Å². The molecule has 1 rings (SSSR count). The van der Waals surface area contributed by atoms with E-state index >= 15 is 0 Å². The molecule has 1 unspecified atom stereocenters. The highest BCUT2D eigenvalue weighted by molar-refractivity contribution is 7.99. The van der Waals surface area contributed by atoms with E-state index in [2.05, 4.69) is 15.5 Å². The van der Waals surface area contributed by atoms with E-state index in [1.807, 2.05) is 18.4 Å². The van der Waals surface area contributed by atoms with Gasteiger partial charge in [-0.2, -0.15) is 0 Å². The zero-order valence-electron chi connectivity index (χ0n) is 11.2. The Labute approximate surface area is 115 Å². The van der Waals surface area contributed by atoms with Gasteiger partial charge in [0.15, 0.2) is 5.16 Å². The Kier molecular flexibility index (Phi) is 5.81. The number of carboxylic acids is 1. The first kappa shape index (κ1) is 15.5. The first-order valence-corrected chi connectivity index (χ1v) is 6.92. The van der Waals surface area contributed by atoms with Gasteiger partial charge in [0.25, 0.3) is 0 Å². The van der Waals surface area contributed by atoms with Gasteiger partial charge in [-0.05, 0) is 13.8 Å². The Bertz CT molecular complexity index is 447. The molecular weight excluding hydrogens is 268 g/mol. The summed E-state index contributed by atoms with van der Waals surface area (Å²) in [6.07, 6.45) is 1.62. The zero-order valence-corrected chi connectivity index (χ0v) is 12.0. The van der Waals surface area contributed by atoms with Crippen molar-refractivity contribution in [2.75, 3.05) is 12.3 Å². The number of carbonyl (C=O) groups is 2. The number of carbonyl (C=O) groups excluding carboxylic acids is 1. The second-order valence-electron chi connectivity index (χ2n) is 4.45. The van der Waals surface area contributed by atoms with Crippen molar-refractivity contribution in [3.63, 3.8) is 0 Å². The van der Waals surface area contributed by atoms with E-state index < -0.39 is 11.9 Å². The normalized spacial score (nSPS) is 12.4. The molecule has 8 heteroatoms. The van der Waals surface area contributed by atoms with Crippen LogP contribution in [0, 0.1) is 5.92 Å². The number of rotatable bonds is 7. The molecule has 0 saturated carbocycles. The van der Waals surface area contributed by atoms with E-state index in [1.54, 1.807) is 13.3 Å². The van der Waals surface area contributed by atoms with E-state index in [1.165, 1.54) is 11.8 Å². The summed E-state index contributed by atoms with van der Waals surface area (Å²) in [6.45, 7) is 5.68. The third kappa shape index (κ3) is 4.90. The van der Waals surface area contributed by atoms with Crippen LogP contribution in [0.25, 0.3) is 0 Å². The lowest BCUT2D eigenvalue weighted by atomic mass is 10.2. The van der Waals surface area contributed by atoms with Gasteiger partial charge in [0, 0.05) is 12.6 Å². The van der Waals surface area contributed by atoms with Gasteiger partial charge in [-0.1, -0.05) is 18.7 Å². The first-order valence-electron chi connectivity index (χ1n) is 5.93. The molecule has 1 amide bonds. The van der Waals surface area contributed by atoms with Crippen LogP contribution in [0.5, 0.6) is 0 Å². The molecule has 2 N–H and O–H groups in total. The van der Waals surface area contributed by atoms with Crippen LogP contribution in [0.1, 0.15) is 26.8 Å². The van der Waals surface area contributed by atoms with Crippen molar-refractivity contribution < 1.29 is 14.7 Å². The first-order chi connectivity index (χ1) is 8.91. The molecule has 0 bridgehead atoms. The van der Waals surface area contributed by atoms with Gasteiger partial charge in [-0.3, -0.25) is 9.59 Å². The van der Waals surface area contributed by atoms with Gasteiger partial charge in [0.1, 0.15) is 6.33 Å². The van der Waals surface area contributed by atoms with Crippen molar-refractivity contribution in [1.29, 1.82) is 0 Å². The summed E-state index contributed by atoms with van der Waals surface area (Å²) in [4.78, 5) is 22.2. The molecule has 0 spiro atoms. The molecule has 19 heavy (non-hydrogen) atoms. The summed E-state index contributed by atoms with van der Waals surface area (Å²) < 4.78 is 1.87. The van der Waals surface area contributed by atoms with Gasteiger partial charge in [0.2, 0.25) is 5.91 Å². The molecule has 1 heterocycles. The number of hydrogen-bond acceptors (Lipinski definition) is 5. The van der Waals surface area contributed by atoms with Crippen LogP contribution in [-0.2, 0) is 9.59 Å². The average Bonchev–Trinajstić information content (AvgIpc) is 2.81. The fourth-order valence-corrected chi connectivity index (χ4v) is 2.10. The van der Waals surface area contributed by atoms with Crippen molar-refractivity contribution in [3.05, 3.63) is 6.33 Å². The van der Waals surface area contributed by atoms with Crippen molar-refractivity contribution in [2.45, 2.75) is 32.0 Å². The highest BCUT2D eigenvalue weighted by atomic mass is 32.2. The molecule has 1 atom stereocenters. The maximum atomic E-state index is 11.6. The minimum atomic E-state index is -0.924. The van der Waals surface area contributed by atoms with E-state index in [-0.39, 0.29) is 24.2 Å². The van der Waals surface area contributed by atoms with Crippen LogP contribution in [0.3, 0.4) is 0 Å². The Morgan fingerprint density at radius 3 is 2.74 bits per heavy atom. The lowest BCUT2D eigenvalue weighted by molar-refractivity contribution is -0.141. The van der Waals surface area contributed by atoms with E-state index in [0.29, 0.717) is 5.16 Å². The molecule has 0 radical (unpaired) electrons. The van der Waals surface area contributed by atoms with Crippen molar-refractivity contribution in [1.82, 2.24) is 20.1 Å². The summed E-state index contributed by atoms with van der Waals surface area (Å²) in [7, 11) is 0. The maximum Gasteiger partial charge on any atom is 0.308 e. The molecular formula is C11H18N4O3S. The van der Waals surface area contributed by atoms with Crippen molar-refractivity contribution in [3.8, 4) is 0 Å². The van der Waals surface area contributed by atoms with Gasteiger partial charge < -0.3 is 15.0 Å². The molecule has 7 nitrogen and oxygen atoms in total. The van der Waals surface area contributed by atoms with Crippen LogP contribution in [0.2, 0.25) is 0 Å². The zero-order chi connectivity index (χ0) is 14.4. The summed E-state index contributed by atoms with van der Waals surface area (Å²) in [5, 5.41) is 19.7. The van der Waals surface area contributed by atoms with Crippen molar-refractivity contribution in [2.24, 2.45) is 5.92 Å². The monoisotopic (exact) mass is 286 g/mol. The Morgan fingerprint density at radius 2 is 2.16 bits per heavy atom. The highest BCUT2D eigenvalue weighted by Gasteiger charge is 2.14.